The van der Waals surface area contributed by atoms with E-state index in [1.165, 1.54) is 35.5 Å². The zero-order valence-corrected chi connectivity index (χ0v) is 12.3. The van der Waals surface area contributed by atoms with E-state index in [0.717, 1.165) is 17.7 Å². The Kier molecular flexibility index (Phi) is 3.74. The normalized spacial score (nSPS) is 13.0. The van der Waals surface area contributed by atoms with Crippen molar-refractivity contribution in [2.75, 3.05) is 12.4 Å². The second kappa shape index (κ2) is 5.69. The molecule has 1 aliphatic rings. The highest BCUT2D eigenvalue weighted by molar-refractivity contribution is 7.99. The molecule has 1 heterocycles. The number of aryl methyl sites for hydroxylation is 2. The van der Waals surface area contributed by atoms with E-state index in [1.54, 1.807) is 7.05 Å². The number of hydrogen-bond acceptors (Lipinski definition) is 6. The molecule has 0 saturated carbocycles. The third-order valence-electron chi connectivity index (χ3n) is 3.44. The van der Waals surface area contributed by atoms with Crippen LogP contribution in [0.4, 0.5) is 11.6 Å². The molecule has 0 saturated heterocycles. The van der Waals surface area contributed by atoms with Crippen LogP contribution in [0.25, 0.3) is 0 Å². The van der Waals surface area contributed by atoms with Crippen LogP contribution < -0.4 is 5.32 Å². The highest BCUT2D eigenvalue weighted by atomic mass is 32.2. The first-order valence-electron chi connectivity index (χ1n) is 6.66. The van der Waals surface area contributed by atoms with E-state index in [9.17, 15) is 10.1 Å². The Hall–Kier alpha value is -2.15. The van der Waals surface area contributed by atoms with Crippen molar-refractivity contribution in [2.45, 2.75) is 29.2 Å². The first-order chi connectivity index (χ1) is 10.2. The number of benzene rings is 1. The number of nitrogens with zero attached hydrogens (tertiary/aromatic N) is 3. The number of hydrogen-bond donors (Lipinski definition) is 1. The van der Waals surface area contributed by atoms with E-state index < -0.39 is 4.92 Å². The summed E-state index contributed by atoms with van der Waals surface area (Å²) in [5.41, 5.74) is 2.65. The Balaban J connectivity index is 1.95. The fraction of sp³-hybridized carbons (Fsp3) is 0.286. The van der Waals surface area contributed by atoms with Gasteiger partial charge in [0.25, 0.3) is 0 Å². The minimum absolute atomic E-state index is 0.0699. The summed E-state index contributed by atoms with van der Waals surface area (Å²) in [5.74, 6) is 0.379. The number of anilines is 1. The van der Waals surface area contributed by atoms with Crippen LogP contribution in [0.5, 0.6) is 0 Å². The van der Waals surface area contributed by atoms with Gasteiger partial charge in [0.05, 0.1) is 4.92 Å². The largest absolute Gasteiger partial charge is 0.357 e. The molecule has 7 heteroatoms. The molecule has 108 valence electrons. The molecule has 6 nitrogen and oxygen atoms in total. The molecule has 0 unspecified atom stereocenters. The number of nitro groups is 1. The maximum absolute atomic E-state index is 11.1. The zero-order valence-electron chi connectivity index (χ0n) is 11.5. The SMILES string of the molecule is CNc1ncc([N+](=O)[O-])c(Sc2ccc3c(c2)CCC3)n1. The van der Waals surface area contributed by atoms with Crippen LogP contribution in [0.3, 0.4) is 0 Å². The molecule has 1 aromatic carbocycles. The van der Waals surface area contributed by atoms with Crippen LogP contribution in [0.1, 0.15) is 17.5 Å². The number of fused-ring (bicyclic) bond motifs is 1. The Morgan fingerprint density at radius 1 is 1.33 bits per heavy atom. The van der Waals surface area contributed by atoms with E-state index in [0.29, 0.717) is 11.0 Å². The summed E-state index contributed by atoms with van der Waals surface area (Å²) in [6.45, 7) is 0. The predicted molar refractivity (Wildman–Crippen MR) is 80.8 cm³/mol. The Labute approximate surface area is 126 Å². The van der Waals surface area contributed by atoms with Crippen molar-refractivity contribution in [1.29, 1.82) is 0 Å². The Morgan fingerprint density at radius 3 is 2.90 bits per heavy atom. The van der Waals surface area contributed by atoms with Gasteiger partial charge in [-0.3, -0.25) is 10.1 Å². The highest BCUT2D eigenvalue weighted by Crippen LogP contribution is 2.35. The number of rotatable bonds is 4. The van der Waals surface area contributed by atoms with Crippen LogP contribution in [-0.4, -0.2) is 21.9 Å². The van der Waals surface area contributed by atoms with Gasteiger partial charge in [0.1, 0.15) is 6.20 Å². The molecule has 0 atom stereocenters. The molecule has 21 heavy (non-hydrogen) atoms. The molecule has 0 bridgehead atoms. The fourth-order valence-corrected chi connectivity index (χ4v) is 3.33. The third kappa shape index (κ3) is 2.82. The summed E-state index contributed by atoms with van der Waals surface area (Å²) in [6.07, 6.45) is 4.63. The van der Waals surface area contributed by atoms with Crippen molar-refractivity contribution >= 4 is 23.4 Å². The number of aromatic nitrogens is 2. The summed E-state index contributed by atoms with van der Waals surface area (Å²) >= 11 is 1.31. The van der Waals surface area contributed by atoms with E-state index >= 15 is 0 Å². The molecule has 3 rings (SSSR count). The minimum atomic E-state index is -0.449. The van der Waals surface area contributed by atoms with Crippen LogP contribution >= 0.6 is 11.8 Å². The summed E-state index contributed by atoms with van der Waals surface area (Å²) in [5, 5.41) is 14.3. The molecule has 0 radical (unpaired) electrons. The summed E-state index contributed by atoms with van der Waals surface area (Å²) in [7, 11) is 1.69. The van der Waals surface area contributed by atoms with E-state index in [1.807, 2.05) is 6.07 Å². The minimum Gasteiger partial charge on any atom is -0.357 e. The van der Waals surface area contributed by atoms with Crippen LogP contribution in [0, 0.1) is 10.1 Å². The molecule has 0 aliphatic heterocycles. The van der Waals surface area contributed by atoms with Gasteiger partial charge in [0.15, 0.2) is 5.03 Å². The van der Waals surface area contributed by atoms with Crippen LogP contribution in [0.15, 0.2) is 34.3 Å². The Morgan fingerprint density at radius 2 is 2.14 bits per heavy atom. The van der Waals surface area contributed by atoms with E-state index in [2.05, 4.69) is 27.4 Å². The third-order valence-corrected chi connectivity index (χ3v) is 4.42. The number of nitrogens with one attached hydrogen (secondary N) is 1. The first-order valence-corrected chi connectivity index (χ1v) is 7.48. The predicted octanol–water partition coefficient (Wildman–Crippen LogP) is 3.07. The molecule has 2 aromatic rings. The van der Waals surface area contributed by atoms with E-state index in [-0.39, 0.29) is 5.69 Å². The quantitative estimate of drug-likeness (QED) is 0.531. The van der Waals surface area contributed by atoms with Crippen molar-refractivity contribution < 1.29 is 4.92 Å². The second-order valence-corrected chi connectivity index (χ2v) is 5.84. The summed E-state index contributed by atoms with van der Waals surface area (Å²) in [4.78, 5) is 19.7. The van der Waals surface area contributed by atoms with Crippen molar-refractivity contribution in [3.63, 3.8) is 0 Å². The van der Waals surface area contributed by atoms with Crippen LogP contribution in [0.2, 0.25) is 0 Å². The van der Waals surface area contributed by atoms with Crippen LogP contribution in [-0.2, 0) is 12.8 Å². The van der Waals surface area contributed by atoms with Gasteiger partial charge < -0.3 is 5.32 Å². The van der Waals surface area contributed by atoms with Crippen molar-refractivity contribution in [2.24, 2.45) is 0 Å². The lowest BCUT2D eigenvalue weighted by Crippen LogP contribution is -2.00. The van der Waals surface area contributed by atoms with Crippen molar-refractivity contribution in [1.82, 2.24) is 9.97 Å². The molecule has 0 amide bonds. The first kappa shape index (κ1) is 13.8. The molecular weight excluding hydrogens is 288 g/mol. The average molecular weight is 302 g/mol. The average Bonchev–Trinajstić information content (AvgIpc) is 2.94. The maximum atomic E-state index is 11.1. The molecule has 1 aliphatic carbocycles. The molecular formula is C14H14N4O2S. The van der Waals surface area contributed by atoms with Gasteiger partial charge in [-0.25, -0.2) is 4.98 Å². The van der Waals surface area contributed by atoms with Gasteiger partial charge in [-0.1, -0.05) is 17.8 Å². The lowest BCUT2D eigenvalue weighted by Gasteiger charge is -2.06. The standard InChI is InChI=1S/C14H14N4O2S/c1-15-14-16-8-12(18(19)20)13(17-14)21-11-6-5-9-3-2-4-10(9)7-11/h5-8H,2-4H2,1H3,(H,15,16,17). The van der Waals surface area contributed by atoms with Gasteiger partial charge >= 0.3 is 5.69 Å². The smallest absolute Gasteiger partial charge is 0.320 e. The Bertz CT molecular complexity index is 705. The summed E-state index contributed by atoms with van der Waals surface area (Å²) in [6, 6.07) is 6.22. The van der Waals surface area contributed by atoms with Crippen molar-refractivity contribution in [3.05, 3.63) is 45.6 Å². The molecule has 1 N–H and O–H groups in total. The monoisotopic (exact) mass is 302 g/mol. The van der Waals surface area contributed by atoms with Crippen molar-refractivity contribution in [3.8, 4) is 0 Å². The molecule has 0 spiro atoms. The van der Waals surface area contributed by atoms with Gasteiger partial charge in [-0.2, -0.15) is 4.98 Å². The van der Waals surface area contributed by atoms with Gasteiger partial charge in [-0.15, -0.1) is 0 Å². The summed E-state index contributed by atoms with van der Waals surface area (Å²) < 4.78 is 0. The fourth-order valence-electron chi connectivity index (χ4n) is 2.40. The molecule has 0 fully saturated rings. The van der Waals surface area contributed by atoms with Gasteiger partial charge in [0.2, 0.25) is 5.95 Å². The van der Waals surface area contributed by atoms with Gasteiger partial charge in [0, 0.05) is 11.9 Å². The zero-order chi connectivity index (χ0) is 14.8. The maximum Gasteiger partial charge on any atom is 0.320 e. The lowest BCUT2D eigenvalue weighted by molar-refractivity contribution is -0.388. The lowest BCUT2D eigenvalue weighted by atomic mass is 10.1. The second-order valence-electron chi connectivity index (χ2n) is 4.78. The molecule has 1 aromatic heterocycles. The highest BCUT2D eigenvalue weighted by Gasteiger charge is 2.19. The van der Waals surface area contributed by atoms with E-state index in [4.69, 9.17) is 0 Å². The topological polar surface area (TPSA) is 81.0 Å². The van der Waals surface area contributed by atoms with Gasteiger partial charge in [-0.05, 0) is 42.5 Å².